The minimum absolute atomic E-state index is 0.285. The molecule has 1 aliphatic carbocycles. The Labute approximate surface area is 99.3 Å². The minimum Gasteiger partial charge on any atom is -0.396 e. The smallest absolute Gasteiger partial charge is 0.145 e. The van der Waals surface area contributed by atoms with Crippen LogP contribution in [0.5, 0.6) is 0 Å². The second-order valence-corrected chi connectivity index (χ2v) is 4.73. The van der Waals surface area contributed by atoms with E-state index in [-0.39, 0.29) is 6.61 Å². The third-order valence-corrected chi connectivity index (χ3v) is 3.71. The Bertz CT molecular complexity index is 536. The van der Waals surface area contributed by atoms with Gasteiger partial charge >= 0.3 is 0 Å². The van der Waals surface area contributed by atoms with Crippen LogP contribution < -0.4 is 5.73 Å². The van der Waals surface area contributed by atoms with E-state index >= 15 is 0 Å². The number of fused-ring (bicyclic) bond motifs is 1. The van der Waals surface area contributed by atoms with Crippen LogP contribution in [0.4, 0.5) is 5.82 Å². The zero-order valence-corrected chi connectivity index (χ0v) is 9.58. The van der Waals surface area contributed by atoms with Crippen LogP contribution >= 0.6 is 0 Å². The van der Waals surface area contributed by atoms with E-state index in [0.29, 0.717) is 17.8 Å². The molecule has 1 aliphatic rings. The lowest BCUT2D eigenvalue weighted by Crippen LogP contribution is -2.07. The number of aliphatic hydroxyl groups is 1. The molecule has 17 heavy (non-hydrogen) atoms. The van der Waals surface area contributed by atoms with Gasteiger partial charge in [-0.25, -0.2) is 9.97 Å². The van der Waals surface area contributed by atoms with E-state index in [1.165, 1.54) is 6.33 Å². The molecule has 0 spiro atoms. The number of nitrogen functional groups attached to an aromatic ring is 1. The van der Waals surface area contributed by atoms with Gasteiger partial charge in [0, 0.05) is 18.8 Å². The zero-order valence-electron chi connectivity index (χ0n) is 9.58. The summed E-state index contributed by atoms with van der Waals surface area (Å²) in [4.78, 5) is 8.30. The summed E-state index contributed by atoms with van der Waals surface area (Å²) in [6.07, 6.45) is 6.73. The van der Waals surface area contributed by atoms with Gasteiger partial charge in [0.05, 0.1) is 5.39 Å². The summed E-state index contributed by atoms with van der Waals surface area (Å²) in [6.45, 7) is 0.285. The lowest BCUT2D eigenvalue weighted by Gasteiger charge is -2.13. The Morgan fingerprint density at radius 3 is 3.06 bits per heavy atom. The van der Waals surface area contributed by atoms with E-state index < -0.39 is 0 Å². The molecule has 0 bridgehead atoms. The summed E-state index contributed by atoms with van der Waals surface area (Å²) in [5.41, 5.74) is 6.72. The summed E-state index contributed by atoms with van der Waals surface area (Å²) >= 11 is 0. The standard InChI is InChI=1S/C12H16N4O/c13-11-10-3-4-16(12(10)15-7-14-11)9-2-1-8(5-9)6-17/h3-4,7-9,17H,1-2,5-6H2,(H2,13,14,15)/t8-,9-/m0/s1. The van der Waals surface area contributed by atoms with E-state index in [9.17, 15) is 5.11 Å². The number of aliphatic hydroxyl groups excluding tert-OH is 1. The normalized spacial score (nSPS) is 24.5. The van der Waals surface area contributed by atoms with Crippen LogP contribution in [0.15, 0.2) is 18.6 Å². The van der Waals surface area contributed by atoms with Gasteiger partial charge in [0.25, 0.3) is 0 Å². The fourth-order valence-electron chi connectivity index (χ4n) is 2.75. The molecule has 2 atom stereocenters. The minimum atomic E-state index is 0.285. The highest BCUT2D eigenvalue weighted by Crippen LogP contribution is 2.36. The Morgan fingerprint density at radius 2 is 2.29 bits per heavy atom. The first-order valence-corrected chi connectivity index (χ1v) is 5.97. The quantitative estimate of drug-likeness (QED) is 0.819. The molecule has 1 fully saturated rings. The fraction of sp³-hybridized carbons (Fsp3) is 0.500. The molecule has 1 saturated carbocycles. The van der Waals surface area contributed by atoms with E-state index in [4.69, 9.17) is 5.73 Å². The van der Waals surface area contributed by atoms with Crippen molar-refractivity contribution in [1.29, 1.82) is 0 Å². The van der Waals surface area contributed by atoms with Gasteiger partial charge in [0.15, 0.2) is 0 Å². The zero-order chi connectivity index (χ0) is 11.8. The third-order valence-electron chi connectivity index (χ3n) is 3.71. The second kappa shape index (κ2) is 4.00. The van der Waals surface area contributed by atoms with Crippen molar-refractivity contribution in [3.05, 3.63) is 18.6 Å². The average molecular weight is 232 g/mol. The van der Waals surface area contributed by atoms with Crippen LogP contribution in [-0.2, 0) is 0 Å². The highest BCUT2D eigenvalue weighted by Gasteiger charge is 2.26. The first-order valence-electron chi connectivity index (χ1n) is 5.97. The van der Waals surface area contributed by atoms with Crippen LogP contribution in [-0.4, -0.2) is 26.2 Å². The second-order valence-electron chi connectivity index (χ2n) is 4.73. The predicted molar refractivity (Wildman–Crippen MR) is 65.4 cm³/mol. The number of aromatic nitrogens is 3. The predicted octanol–water partition coefficient (Wildman–Crippen LogP) is 1.35. The molecular weight excluding hydrogens is 216 g/mol. The van der Waals surface area contributed by atoms with Crippen LogP contribution in [0.1, 0.15) is 25.3 Å². The Morgan fingerprint density at radius 1 is 1.41 bits per heavy atom. The maximum atomic E-state index is 9.18. The van der Waals surface area contributed by atoms with Gasteiger partial charge in [-0.3, -0.25) is 0 Å². The van der Waals surface area contributed by atoms with Gasteiger partial charge in [0.1, 0.15) is 17.8 Å². The number of hydrogen-bond donors (Lipinski definition) is 2. The summed E-state index contributed by atoms with van der Waals surface area (Å²) in [5, 5.41) is 10.1. The van der Waals surface area contributed by atoms with Crippen LogP contribution in [0.3, 0.4) is 0 Å². The highest BCUT2D eigenvalue weighted by atomic mass is 16.3. The van der Waals surface area contributed by atoms with Crippen molar-refractivity contribution in [3.63, 3.8) is 0 Å². The first-order chi connectivity index (χ1) is 8.29. The molecule has 2 heterocycles. The molecule has 3 rings (SSSR count). The molecule has 5 nitrogen and oxygen atoms in total. The van der Waals surface area contributed by atoms with E-state index in [1.54, 1.807) is 0 Å². The summed E-state index contributed by atoms with van der Waals surface area (Å²) < 4.78 is 2.17. The van der Waals surface area contributed by atoms with Gasteiger partial charge in [-0.1, -0.05) is 0 Å². The topological polar surface area (TPSA) is 77.0 Å². The molecule has 0 saturated heterocycles. The largest absolute Gasteiger partial charge is 0.396 e. The molecule has 2 aromatic rings. The van der Waals surface area contributed by atoms with Gasteiger partial charge in [-0.15, -0.1) is 0 Å². The third kappa shape index (κ3) is 1.67. The summed E-state index contributed by atoms with van der Waals surface area (Å²) in [5.74, 6) is 0.960. The SMILES string of the molecule is Nc1ncnc2c1ccn2[C@H]1CC[C@H](CO)C1. The molecular formula is C12H16N4O. The Balaban J connectivity index is 1.99. The van der Waals surface area contributed by atoms with Crippen molar-refractivity contribution in [2.24, 2.45) is 5.92 Å². The van der Waals surface area contributed by atoms with Crippen molar-refractivity contribution in [3.8, 4) is 0 Å². The van der Waals surface area contributed by atoms with Crippen molar-refractivity contribution < 1.29 is 5.11 Å². The molecule has 90 valence electrons. The molecule has 5 heteroatoms. The first kappa shape index (κ1) is 10.5. The number of nitrogens with two attached hydrogens (primary N) is 1. The number of anilines is 1. The fourth-order valence-corrected chi connectivity index (χ4v) is 2.75. The molecule has 3 N–H and O–H groups in total. The average Bonchev–Trinajstić information content (AvgIpc) is 2.94. The Kier molecular flexibility index (Phi) is 2.48. The van der Waals surface area contributed by atoms with Crippen molar-refractivity contribution >= 4 is 16.9 Å². The van der Waals surface area contributed by atoms with E-state index in [1.807, 2.05) is 12.3 Å². The van der Waals surface area contributed by atoms with Gasteiger partial charge in [0.2, 0.25) is 0 Å². The van der Waals surface area contributed by atoms with E-state index in [0.717, 1.165) is 30.3 Å². The van der Waals surface area contributed by atoms with Crippen LogP contribution in [0, 0.1) is 5.92 Å². The highest BCUT2D eigenvalue weighted by molar-refractivity contribution is 5.86. The number of nitrogens with zero attached hydrogens (tertiary/aromatic N) is 3. The Hall–Kier alpha value is -1.62. The van der Waals surface area contributed by atoms with Crippen molar-refractivity contribution in [2.75, 3.05) is 12.3 Å². The van der Waals surface area contributed by atoms with Crippen LogP contribution in [0.2, 0.25) is 0 Å². The molecule has 0 aromatic carbocycles. The molecule has 0 amide bonds. The van der Waals surface area contributed by atoms with Gasteiger partial charge in [-0.05, 0) is 31.2 Å². The lowest BCUT2D eigenvalue weighted by molar-refractivity contribution is 0.226. The molecule has 0 radical (unpaired) electrons. The monoisotopic (exact) mass is 232 g/mol. The number of rotatable bonds is 2. The van der Waals surface area contributed by atoms with E-state index in [2.05, 4.69) is 14.5 Å². The van der Waals surface area contributed by atoms with Gasteiger partial charge in [-0.2, -0.15) is 0 Å². The summed E-state index contributed by atoms with van der Waals surface area (Å²) in [7, 11) is 0. The molecule has 2 aromatic heterocycles. The molecule has 0 unspecified atom stereocenters. The van der Waals surface area contributed by atoms with Crippen molar-refractivity contribution in [2.45, 2.75) is 25.3 Å². The lowest BCUT2D eigenvalue weighted by atomic mass is 10.1. The van der Waals surface area contributed by atoms with Crippen molar-refractivity contribution in [1.82, 2.24) is 14.5 Å². The van der Waals surface area contributed by atoms with Gasteiger partial charge < -0.3 is 15.4 Å². The van der Waals surface area contributed by atoms with Crippen LogP contribution in [0.25, 0.3) is 11.0 Å². The molecule has 0 aliphatic heterocycles. The maximum Gasteiger partial charge on any atom is 0.145 e. The maximum absolute atomic E-state index is 9.18. The number of hydrogen-bond acceptors (Lipinski definition) is 4. The summed E-state index contributed by atoms with van der Waals surface area (Å²) in [6, 6.07) is 2.40.